The first-order valence-corrected chi connectivity index (χ1v) is 8.32. The summed E-state index contributed by atoms with van der Waals surface area (Å²) in [5, 5.41) is 4.75. The molecule has 0 radical (unpaired) electrons. The van der Waals surface area contributed by atoms with Crippen LogP contribution in [0.3, 0.4) is 0 Å². The van der Waals surface area contributed by atoms with Crippen molar-refractivity contribution in [1.82, 2.24) is 0 Å². The molecule has 0 aromatic carbocycles. The van der Waals surface area contributed by atoms with Gasteiger partial charge in [-0.3, -0.25) is 0 Å². The fourth-order valence-electron chi connectivity index (χ4n) is 1.88. The van der Waals surface area contributed by atoms with Gasteiger partial charge in [-0.2, -0.15) is 0 Å². The van der Waals surface area contributed by atoms with Crippen molar-refractivity contribution in [2.75, 3.05) is 0 Å². The normalized spacial score (nSPS) is 21.9. The van der Waals surface area contributed by atoms with E-state index in [0.29, 0.717) is 0 Å². The molecule has 0 aromatic rings. The number of piperidine rings is 1. The number of hydrogen-bond acceptors (Lipinski definition) is 0. The maximum atomic E-state index is 4.76. The van der Waals surface area contributed by atoms with Crippen LogP contribution < -0.4 is 31.3 Å². The first-order chi connectivity index (χ1) is 5.41. The first kappa shape index (κ1) is 21.1. The van der Waals surface area contributed by atoms with Crippen molar-refractivity contribution in [3.63, 3.8) is 0 Å². The fraction of sp³-hybridized carbons (Fsp3) is 1.00. The quantitative estimate of drug-likeness (QED) is 0.448. The Morgan fingerprint density at radius 2 is 1.29 bits per heavy atom. The van der Waals surface area contributed by atoms with Crippen LogP contribution in [-0.4, -0.2) is 11.1 Å². The zero-order chi connectivity index (χ0) is 9.83. The van der Waals surface area contributed by atoms with E-state index in [2.05, 4.69) is 27.7 Å². The van der Waals surface area contributed by atoms with Crippen molar-refractivity contribution in [3.05, 3.63) is 5.32 Å². The summed E-state index contributed by atoms with van der Waals surface area (Å²) in [4.78, 5) is 0. The van der Waals surface area contributed by atoms with E-state index in [1.165, 1.54) is 19.3 Å². The van der Waals surface area contributed by atoms with Crippen LogP contribution in [-0.2, 0) is 17.3 Å². The maximum Gasteiger partial charge on any atom is 1.00 e. The van der Waals surface area contributed by atoms with E-state index in [9.17, 15) is 0 Å². The standard InChI is InChI=1S/C9H18N.2ClH.Li.Zn/c1-8(2)6-5-7-9(3,4)10-8;;;;/h5-7H2,1-4H3;2*1H;;/q-1;;;+1;+2/p-2. The molecule has 1 rings (SSSR count). The smallest absolute Gasteiger partial charge is 1.00 e. The molecule has 0 spiro atoms. The van der Waals surface area contributed by atoms with E-state index < -0.39 is 0 Å². The molecule has 0 atom stereocenters. The van der Waals surface area contributed by atoms with Crippen molar-refractivity contribution < 1.29 is 48.6 Å². The molecule has 0 saturated carbocycles. The molecule has 1 saturated heterocycles. The van der Waals surface area contributed by atoms with Gasteiger partial charge < -0.3 is 17.7 Å². The van der Waals surface area contributed by atoms with E-state index in [4.69, 9.17) is 15.0 Å². The minimum absolute atomic E-state index is 0. The van der Waals surface area contributed by atoms with Gasteiger partial charge in [0.2, 0.25) is 0 Å². The molecule has 0 aromatic heterocycles. The molecule has 0 amide bonds. The number of nitrogens with zero attached hydrogens (tertiary/aromatic N) is 1. The van der Waals surface area contributed by atoms with Gasteiger partial charge in [-0.15, -0.1) is 11.1 Å². The molecular weight excluding hydrogens is 265 g/mol. The van der Waals surface area contributed by atoms with Crippen LogP contribution in [0.5, 0.6) is 0 Å². The molecule has 0 N–H and O–H groups in total. The van der Waals surface area contributed by atoms with Crippen LogP contribution in [0.25, 0.3) is 5.32 Å². The summed E-state index contributed by atoms with van der Waals surface area (Å²) in [6, 6.07) is 0. The predicted octanol–water partition coefficient (Wildman–Crippen LogP) is -2.20. The van der Waals surface area contributed by atoms with Gasteiger partial charge in [0.05, 0.1) is 0 Å². The molecule has 14 heavy (non-hydrogen) atoms. The van der Waals surface area contributed by atoms with Crippen molar-refractivity contribution in [2.45, 2.75) is 58.0 Å². The molecule has 0 aliphatic carbocycles. The van der Waals surface area contributed by atoms with E-state index >= 15 is 0 Å². The van der Waals surface area contributed by atoms with Gasteiger partial charge in [-0.1, -0.05) is 47.0 Å². The fourth-order valence-corrected chi connectivity index (χ4v) is 1.88. The van der Waals surface area contributed by atoms with E-state index in [-0.39, 0.29) is 42.3 Å². The molecule has 76 valence electrons. The van der Waals surface area contributed by atoms with Crippen LogP contribution in [0, 0.1) is 0 Å². The average molecular weight is 283 g/mol. The van der Waals surface area contributed by atoms with Gasteiger partial charge in [0, 0.05) is 0 Å². The molecule has 1 nitrogen and oxygen atoms in total. The molecule has 1 aliphatic rings. The molecule has 1 fully saturated rings. The zero-order valence-electron chi connectivity index (χ0n) is 10.0. The summed E-state index contributed by atoms with van der Waals surface area (Å²) in [6.07, 6.45) is 3.86. The summed E-state index contributed by atoms with van der Waals surface area (Å²) >= 11 is 0.847. The van der Waals surface area contributed by atoms with E-state index in [1.807, 2.05) is 0 Å². The van der Waals surface area contributed by atoms with Crippen LogP contribution in [0.1, 0.15) is 47.0 Å². The zero-order valence-corrected chi connectivity index (χ0v) is 14.5. The second-order valence-corrected chi connectivity index (χ2v) is 4.59. The summed E-state index contributed by atoms with van der Waals surface area (Å²) in [5.74, 6) is 0. The third kappa shape index (κ3) is 9.02. The van der Waals surface area contributed by atoms with Crippen LogP contribution in [0.2, 0.25) is 0 Å². The van der Waals surface area contributed by atoms with E-state index in [1.54, 1.807) is 0 Å². The van der Waals surface area contributed by atoms with Gasteiger partial charge in [-0.25, -0.2) is 0 Å². The van der Waals surface area contributed by atoms with Crippen LogP contribution in [0.15, 0.2) is 0 Å². The number of rotatable bonds is 0. The molecule has 1 aliphatic heterocycles. The molecule has 0 unspecified atom stereocenters. The predicted molar refractivity (Wildman–Crippen MR) is 51.2 cm³/mol. The van der Waals surface area contributed by atoms with Crippen molar-refractivity contribution >= 4 is 9.69 Å². The maximum absolute atomic E-state index is 4.76. The Hall–Kier alpha value is 1.76. The molecule has 0 bridgehead atoms. The van der Waals surface area contributed by atoms with Crippen molar-refractivity contribution in [2.24, 2.45) is 0 Å². The largest absolute Gasteiger partial charge is 1.00 e. The number of halogens is 2. The Morgan fingerprint density at radius 1 is 1.00 bits per heavy atom. The van der Waals surface area contributed by atoms with Crippen molar-refractivity contribution in [1.29, 1.82) is 0 Å². The second-order valence-electron chi connectivity index (χ2n) is 4.59. The monoisotopic (exact) mass is 281 g/mol. The third-order valence-corrected chi connectivity index (χ3v) is 2.18. The molecular formula is C9H18Cl2LiNZn. The summed E-state index contributed by atoms with van der Waals surface area (Å²) in [5.41, 5.74) is 0.476. The topological polar surface area (TPSA) is 14.1 Å². The first-order valence-electron chi connectivity index (χ1n) is 4.42. The Bertz CT molecular complexity index is 129. The molecule has 5 heteroatoms. The summed E-state index contributed by atoms with van der Waals surface area (Å²) in [6.45, 7) is 8.92. The minimum atomic E-state index is 0. The summed E-state index contributed by atoms with van der Waals surface area (Å²) < 4.78 is 0. The van der Waals surface area contributed by atoms with Gasteiger partial charge in [0.15, 0.2) is 0 Å². The minimum Gasteiger partial charge on any atom is 1.00 e. The average Bonchev–Trinajstić information content (AvgIpc) is 1.86. The second kappa shape index (κ2) is 8.86. The van der Waals surface area contributed by atoms with Gasteiger partial charge in [0.25, 0.3) is 0 Å². The van der Waals surface area contributed by atoms with Crippen molar-refractivity contribution in [3.8, 4) is 0 Å². The SMILES string of the molecule is CC1(C)CCCC(C)(C)[N-]1.[Cl-].[Cl][Zn+].[Li+]. The van der Waals surface area contributed by atoms with Crippen LogP contribution >= 0.6 is 9.69 Å². The Labute approximate surface area is 121 Å². The Morgan fingerprint density at radius 3 is 1.43 bits per heavy atom. The summed E-state index contributed by atoms with van der Waals surface area (Å²) in [7, 11) is 4.76. The molecule has 1 heterocycles. The third-order valence-electron chi connectivity index (χ3n) is 2.18. The van der Waals surface area contributed by atoms with Gasteiger partial charge in [0.1, 0.15) is 0 Å². The van der Waals surface area contributed by atoms with E-state index in [0.717, 1.165) is 17.3 Å². The van der Waals surface area contributed by atoms with Gasteiger partial charge in [-0.05, 0) is 0 Å². The van der Waals surface area contributed by atoms with Crippen LogP contribution in [0.4, 0.5) is 0 Å². The van der Waals surface area contributed by atoms with Gasteiger partial charge >= 0.3 is 45.9 Å². The Balaban J connectivity index is -0.000000284. The number of hydrogen-bond donors (Lipinski definition) is 0. The Kier molecular flexibility index (Phi) is 13.3.